The molecule has 120 valence electrons. The molecule has 0 aromatic heterocycles. The Morgan fingerprint density at radius 1 is 1.30 bits per heavy atom. The van der Waals surface area contributed by atoms with Crippen molar-refractivity contribution >= 4 is 11.6 Å². The van der Waals surface area contributed by atoms with Crippen LogP contribution in [-0.2, 0) is 6.61 Å². The summed E-state index contributed by atoms with van der Waals surface area (Å²) in [5, 5.41) is 4.31. The van der Waals surface area contributed by atoms with Gasteiger partial charge in [0, 0.05) is 16.5 Å². The zero-order chi connectivity index (χ0) is 15.9. The number of benzene rings is 2. The Morgan fingerprint density at radius 3 is 3.09 bits per heavy atom. The van der Waals surface area contributed by atoms with Crippen LogP contribution in [0, 0.1) is 0 Å². The Hall–Kier alpha value is -1.71. The number of fused-ring (bicyclic) bond motifs is 3. The second-order valence-electron chi connectivity index (χ2n) is 6.59. The first-order valence-corrected chi connectivity index (χ1v) is 8.41. The monoisotopic (exact) mass is 329 g/mol. The molecule has 0 amide bonds. The number of halogens is 1. The summed E-state index contributed by atoms with van der Waals surface area (Å²) in [4.78, 5) is 0. The highest BCUT2D eigenvalue weighted by molar-refractivity contribution is 6.30. The Morgan fingerprint density at radius 2 is 2.22 bits per heavy atom. The molecule has 23 heavy (non-hydrogen) atoms. The summed E-state index contributed by atoms with van der Waals surface area (Å²) >= 11 is 6.02. The zero-order valence-corrected chi connectivity index (χ0v) is 13.9. The molecule has 0 spiro atoms. The molecular formula is C19H20ClNO2. The van der Waals surface area contributed by atoms with Crippen molar-refractivity contribution < 1.29 is 9.47 Å². The molecule has 0 radical (unpaired) electrons. The molecular weight excluding hydrogens is 310 g/mol. The molecule has 1 N–H and O–H groups in total. The highest BCUT2D eigenvalue weighted by Crippen LogP contribution is 2.45. The molecule has 2 aliphatic rings. The summed E-state index contributed by atoms with van der Waals surface area (Å²) in [5.74, 6) is 2.36. The van der Waals surface area contributed by atoms with Gasteiger partial charge in [-0.25, -0.2) is 0 Å². The molecule has 2 atom stereocenters. The van der Waals surface area contributed by atoms with Crippen LogP contribution in [0.15, 0.2) is 42.5 Å². The van der Waals surface area contributed by atoms with E-state index in [0.29, 0.717) is 12.5 Å². The first-order valence-electron chi connectivity index (χ1n) is 8.03. The fourth-order valence-electron chi connectivity index (χ4n) is 3.64. The quantitative estimate of drug-likeness (QED) is 0.917. The van der Waals surface area contributed by atoms with E-state index in [0.717, 1.165) is 41.7 Å². The van der Waals surface area contributed by atoms with E-state index in [9.17, 15) is 0 Å². The van der Waals surface area contributed by atoms with Crippen molar-refractivity contribution in [2.75, 3.05) is 13.2 Å². The number of nitrogens with one attached hydrogen (secondary N) is 1. The van der Waals surface area contributed by atoms with Crippen molar-refractivity contribution in [1.29, 1.82) is 0 Å². The lowest BCUT2D eigenvalue weighted by molar-refractivity contribution is 0.170. The van der Waals surface area contributed by atoms with Gasteiger partial charge < -0.3 is 14.8 Å². The largest absolute Gasteiger partial charge is 0.491 e. The summed E-state index contributed by atoms with van der Waals surface area (Å²) in [5.41, 5.74) is 2.37. The first-order chi connectivity index (χ1) is 11.1. The minimum atomic E-state index is 0.0403. The summed E-state index contributed by atoms with van der Waals surface area (Å²) < 4.78 is 11.9. The van der Waals surface area contributed by atoms with Crippen molar-refractivity contribution in [3.05, 3.63) is 58.6 Å². The van der Waals surface area contributed by atoms with Gasteiger partial charge in [-0.3, -0.25) is 0 Å². The number of hydrogen-bond donors (Lipinski definition) is 1. The van der Waals surface area contributed by atoms with Crippen molar-refractivity contribution in [2.24, 2.45) is 0 Å². The average molecular weight is 330 g/mol. The maximum Gasteiger partial charge on any atom is 0.123 e. The van der Waals surface area contributed by atoms with Crippen LogP contribution >= 0.6 is 11.6 Å². The van der Waals surface area contributed by atoms with E-state index in [-0.39, 0.29) is 5.54 Å². The molecule has 4 heteroatoms. The molecule has 1 fully saturated rings. The van der Waals surface area contributed by atoms with E-state index in [1.54, 1.807) is 0 Å². The molecule has 2 aromatic rings. The second kappa shape index (κ2) is 5.73. The second-order valence-corrected chi connectivity index (χ2v) is 7.03. The highest BCUT2D eigenvalue weighted by atomic mass is 35.5. The lowest BCUT2D eigenvalue weighted by Crippen LogP contribution is -2.48. The Kier molecular flexibility index (Phi) is 3.70. The van der Waals surface area contributed by atoms with Crippen molar-refractivity contribution in [2.45, 2.75) is 31.4 Å². The van der Waals surface area contributed by atoms with Gasteiger partial charge in [0.2, 0.25) is 0 Å². The average Bonchev–Trinajstić information content (AvgIpc) is 2.95. The van der Waals surface area contributed by atoms with Gasteiger partial charge in [-0.2, -0.15) is 0 Å². The van der Waals surface area contributed by atoms with Gasteiger partial charge in [-0.15, -0.1) is 0 Å². The van der Waals surface area contributed by atoms with Crippen LogP contribution in [0.1, 0.15) is 30.4 Å². The third-order valence-corrected chi connectivity index (χ3v) is 5.14. The van der Waals surface area contributed by atoms with Crippen LogP contribution in [-0.4, -0.2) is 18.7 Å². The van der Waals surface area contributed by atoms with Crippen molar-refractivity contribution in [3.8, 4) is 11.5 Å². The van der Waals surface area contributed by atoms with Crippen LogP contribution in [0.5, 0.6) is 11.5 Å². The van der Waals surface area contributed by atoms with E-state index in [4.69, 9.17) is 21.1 Å². The summed E-state index contributed by atoms with van der Waals surface area (Å²) in [6.07, 6.45) is 1.14. The molecule has 0 saturated carbocycles. The molecule has 3 nitrogen and oxygen atoms in total. The van der Waals surface area contributed by atoms with E-state index in [2.05, 4.69) is 18.3 Å². The third kappa shape index (κ3) is 2.79. The molecule has 2 aromatic carbocycles. The van der Waals surface area contributed by atoms with E-state index >= 15 is 0 Å². The van der Waals surface area contributed by atoms with Gasteiger partial charge >= 0.3 is 0 Å². The minimum absolute atomic E-state index is 0.0403. The first kappa shape index (κ1) is 14.9. The number of ether oxygens (including phenoxy) is 2. The maximum atomic E-state index is 6.02. The fraction of sp³-hybridized carbons (Fsp3) is 0.368. The molecule has 2 heterocycles. The lowest BCUT2D eigenvalue weighted by atomic mass is 9.80. The predicted molar refractivity (Wildman–Crippen MR) is 91.5 cm³/mol. The van der Waals surface area contributed by atoms with Gasteiger partial charge in [-0.05, 0) is 55.8 Å². The molecule has 1 saturated heterocycles. The fourth-order valence-corrected chi connectivity index (χ4v) is 3.85. The van der Waals surface area contributed by atoms with Gasteiger partial charge in [0.05, 0.1) is 5.54 Å². The summed E-state index contributed by atoms with van der Waals surface area (Å²) in [6.45, 7) is 4.53. The minimum Gasteiger partial charge on any atom is -0.491 e. The van der Waals surface area contributed by atoms with E-state index < -0.39 is 0 Å². The Balaban J connectivity index is 1.55. The zero-order valence-electron chi connectivity index (χ0n) is 13.1. The third-order valence-electron chi connectivity index (χ3n) is 4.91. The molecule has 0 bridgehead atoms. The van der Waals surface area contributed by atoms with Gasteiger partial charge in [0.15, 0.2) is 0 Å². The lowest BCUT2D eigenvalue weighted by Gasteiger charge is -2.37. The predicted octanol–water partition coefficient (Wildman–Crippen LogP) is 4.15. The van der Waals surface area contributed by atoms with Crippen LogP contribution in [0.25, 0.3) is 0 Å². The van der Waals surface area contributed by atoms with E-state index in [1.165, 1.54) is 5.56 Å². The van der Waals surface area contributed by atoms with Crippen LogP contribution in [0.2, 0.25) is 5.02 Å². The number of hydrogen-bond acceptors (Lipinski definition) is 3. The molecule has 0 unspecified atom stereocenters. The van der Waals surface area contributed by atoms with Gasteiger partial charge in [-0.1, -0.05) is 23.7 Å². The maximum absolute atomic E-state index is 6.02. The van der Waals surface area contributed by atoms with Gasteiger partial charge in [0.25, 0.3) is 0 Å². The normalized spacial score (nSPS) is 25.4. The molecule has 2 aliphatic heterocycles. The topological polar surface area (TPSA) is 30.5 Å². The standard InChI is InChI=1S/C19H20ClNO2/c1-19-12-23-18-6-5-15(10-16(18)17(19)7-8-21-19)22-11-13-3-2-4-14(20)9-13/h2-6,9-10,17,21H,7-8,11-12H2,1H3/t17-,19+/m0/s1. The molecule has 0 aliphatic carbocycles. The van der Waals surface area contributed by atoms with Crippen LogP contribution in [0.3, 0.4) is 0 Å². The SMILES string of the molecule is C[C@@]12COc3ccc(OCc4cccc(Cl)c4)cc3[C@@H]1CCN2. The highest BCUT2D eigenvalue weighted by Gasteiger charge is 2.44. The molecule has 4 rings (SSSR count). The van der Waals surface area contributed by atoms with Crippen molar-refractivity contribution in [1.82, 2.24) is 5.32 Å². The van der Waals surface area contributed by atoms with Crippen LogP contribution in [0.4, 0.5) is 0 Å². The van der Waals surface area contributed by atoms with E-state index in [1.807, 2.05) is 36.4 Å². The van der Waals surface area contributed by atoms with Crippen LogP contribution < -0.4 is 14.8 Å². The number of rotatable bonds is 3. The Bertz CT molecular complexity index is 733. The summed E-state index contributed by atoms with van der Waals surface area (Å²) in [7, 11) is 0. The summed E-state index contributed by atoms with van der Waals surface area (Å²) in [6, 6.07) is 13.9. The Labute approximate surface area is 141 Å². The van der Waals surface area contributed by atoms with Crippen molar-refractivity contribution in [3.63, 3.8) is 0 Å². The van der Waals surface area contributed by atoms with Gasteiger partial charge in [0.1, 0.15) is 24.7 Å². The smallest absolute Gasteiger partial charge is 0.123 e.